The zero-order valence-corrected chi connectivity index (χ0v) is 14.5. The summed E-state index contributed by atoms with van der Waals surface area (Å²) in [5.41, 5.74) is 4.71. The molecule has 2 aromatic heterocycles. The van der Waals surface area contributed by atoms with Gasteiger partial charge in [-0.1, -0.05) is 6.07 Å². The number of benzene rings is 1. The van der Waals surface area contributed by atoms with Crippen LogP contribution in [0.25, 0.3) is 22.6 Å². The van der Waals surface area contributed by atoms with Crippen molar-refractivity contribution in [3.8, 4) is 34.1 Å². The maximum absolute atomic E-state index is 5.44. The summed E-state index contributed by atoms with van der Waals surface area (Å²) in [7, 11) is 3.31. The first-order valence-corrected chi connectivity index (χ1v) is 8.21. The zero-order valence-electron chi connectivity index (χ0n) is 14.5. The summed E-state index contributed by atoms with van der Waals surface area (Å²) >= 11 is 0. The molecule has 6 nitrogen and oxygen atoms in total. The van der Waals surface area contributed by atoms with E-state index in [-0.39, 0.29) is 0 Å². The number of aromatic nitrogens is 3. The maximum Gasteiger partial charge on any atom is 0.204 e. The predicted octanol–water partition coefficient (Wildman–Crippen LogP) is 3.36. The molecule has 0 spiro atoms. The average molecular weight is 336 g/mol. The van der Waals surface area contributed by atoms with Gasteiger partial charge in [0.25, 0.3) is 0 Å². The molecule has 0 atom stereocenters. The van der Waals surface area contributed by atoms with Gasteiger partial charge in [0.05, 0.1) is 25.6 Å². The van der Waals surface area contributed by atoms with Crippen LogP contribution in [0.1, 0.15) is 5.69 Å². The van der Waals surface area contributed by atoms with Gasteiger partial charge in [-0.05, 0) is 31.2 Å². The number of hydrogen-bond donors (Lipinski definition) is 1. The Labute approximate surface area is 146 Å². The van der Waals surface area contributed by atoms with E-state index in [4.69, 9.17) is 14.5 Å². The van der Waals surface area contributed by atoms with E-state index in [0.29, 0.717) is 0 Å². The average Bonchev–Trinajstić information content (AvgIpc) is 3.22. The largest absolute Gasteiger partial charge is 0.497 e. The van der Waals surface area contributed by atoms with Crippen LogP contribution in [-0.4, -0.2) is 35.3 Å². The summed E-state index contributed by atoms with van der Waals surface area (Å²) < 4.78 is 13.1. The molecule has 1 aliphatic rings. The standard InChI is InChI=1S/C19H20N4O2/c1-12-5-4-6-16(21-12)17-18(23-8-7-20-19(23)22-17)13-9-14(24-2)11-15(10-13)25-3/h4-6,9-11H,7-8H2,1-3H3,(H,20,22). The second-order valence-electron chi connectivity index (χ2n) is 5.98. The molecule has 0 radical (unpaired) electrons. The molecule has 3 heterocycles. The fourth-order valence-corrected chi connectivity index (χ4v) is 3.18. The van der Waals surface area contributed by atoms with Crippen LogP contribution in [-0.2, 0) is 6.54 Å². The third-order valence-corrected chi connectivity index (χ3v) is 4.34. The minimum absolute atomic E-state index is 0.749. The Morgan fingerprint density at radius 3 is 2.48 bits per heavy atom. The summed E-state index contributed by atoms with van der Waals surface area (Å²) in [4.78, 5) is 9.46. The zero-order chi connectivity index (χ0) is 17.4. The lowest BCUT2D eigenvalue weighted by Gasteiger charge is -2.11. The molecule has 0 fully saturated rings. The Bertz CT molecular complexity index is 911. The first-order valence-electron chi connectivity index (χ1n) is 8.21. The highest BCUT2D eigenvalue weighted by atomic mass is 16.5. The Hall–Kier alpha value is -3.02. The number of rotatable bonds is 4. The third kappa shape index (κ3) is 2.69. The first kappa shape index (κ1) is 15.5. The number of methoxy groups -OCH3 is 2. The van der Waals surface area contributed by atoms with Gasteiger partial charge in [0.1, 0.15) is 17.2 Å². The van der Waals surface area contributed by atoms with E-state index < -0.39 is 0 Å². The van der Waals surface area contributed by atoms with Crippen molar-refractivity contribution in [2.45, 2.75) is 13.5 Å². The lowest BCUT2D eigenvalue weighted by atomic mass is 10.1. The van der Waals surface area contributed by atoms with Crippen LogP contribution in [0.5, 0.6) is 11.5 Å². The number of anilines is 1. The molecular formula is C19H20N4O2. The van der Waals surface area contributed by atoms with Crippen LogP contribution < -0.4 is 14.8 Å². The van der Waals surface area contributed by atoms with Gasteiger partial charge < -0.3 is 19.4 Å². The molecule has 128 valence electrons. The van der Waals surface area contributed by atoms with Crippen LogP contribution in [0.2, 0.25) is 0 Å². The SMILES string of the molecule is COc1cc(OC)cc(-c2c(-c3cccc(C)n3)nc3n2CCN3)c1. The minimum Gasteiger partial charge on any atom is -0.497 e. The number of nitrogens with one attached hydrogen (secondary N) is 1. The van der Waals surface area contributed by atoms with Crippen molar-refractivity contribution in [3.63, 3.8) is 0 Å². The molecule has 1 N–H and O–H groups in total. The highest BCUT2D eigenvalue weighted by Crippen LogP contribution is 2.38. The molecule has 0 unspecified atom stereocenters. The molecule has 0 amide bonds. The molecule has 4 rings (SSSR count). The van der Waals surface area contributed by atoms with Gasteiger partial charge in [0.2, 0.25) is 5.95 Å². The number of ether oxygens (including phenoxy) is 2. The van der Waals surface area contributed by atoms with E-state index >= 15 is 0 Å². The van der Waals surface area contributed by atoms with Gasteiger partial charge in [0.15, 0.2) is 0 Å². The van der Waals surface area contributed by atoms with Gasteiger partial charge >= 0.3 is 0 Å². The molecule has 3 aromatic rings. The fraction of sp³-hybridized carbons (Fsp3) is 0.263. The van der Waals surface area contributed by atoms with Gasteiger partial charge in [-0.15, -0.1) is 0 Å². The van der Waals surface area contributed by atoms with Crippen molar-refractivity contribution in [2.75, 3.05) is 26.1 Å². The normalized spacial score (nSPS) is 12.6. The molecule has 0 aliphatic carbocycles. The monoisotopic (exact) mass is 336 g/mol. The summed E-state index contributed by atoms with van der Waals surface area (Å²) in [6, 6.07) is 11.9. The van der Waals surface area contributed by atoms with Crippen LogP contribution in [0.15, 0.2) is 36.4 Å². The second kappa shape index (κ2) is 6.12. The summed E-state index contributed by atoms with van der Waals surface area (Å²) in [6.07, 6.45) is 0. The van der Waals surface area contributed by atoms with Crippen molar-refractivity contribution in [3.05, 3.63) is 42.1 Å². The second-order valence-corrected chi connectivity index (χ2v) is 5.98. The molecule has 0 saturated heterocycles. The predicted molar refractivity (Wildman–Crippen MR) is 97.2 cm³/mol. The Kier molecular flexibility index (Phi) is 3.80. The van der Waals surface area contributed by atoms with Crippen LogP contribution in [0, 0.1) is 6.92 Å². The number of fused-ring (bicyclic) bond motifs is 1. The number of nitrogens with zero attached hydrogens (tertiary/aromatic N) is 3. The first-order chi connectivity index (χ1) is 12.2. The van der Waals surface area contributed by atoms with E-state index in [0.717, 1.165) is 58.9 Å². The maximum atomic E-state index is 5.44. The van der Waals surface area contributed by atoms with Gasteiger partial charge in [-0.3, -0.25) is 4.98 Å². The highest BCUT2D eigenvalue weighted by Gasteiger charge is 2.24. The highest BCUT2D eigenvalue weighted by molar-refractivity contribution is 5.81. The molecule has 1 aromatic carbocycles. The van der Waals surface area contributed by atoms with Crippen molar-refractivity contribution >= 4 is 5.95 Å². The number of pyridine rings is 1. The van der Waals surface area contributed by atoms with Crippen LogP contribution in [0.3, 0.4) is 0 Å². The fourth-order valence-electron chi connectivity index (χ4n) is 3.18. The molecular weight excluding hydrogens is 316 g/mol. The van der Waals surface area contributed by atoms with Gasteiger partial charge in [0, 0.05) is 30.4 Å². The Morgan fingerprint density at radius 2 is 1.80 bits per heavy atom. The molecule has 0 saturated carbocycles. The van der Waals surface area contributed by atoms with E-state index in [9.17, 15) is 0 Å². The Morgan fingerprint density at radius 1 is 1.04 bits per heavy atom. The van der Waals surface area contributed by atoms with Crippen molar-refractivity contribution in [1.82, 2.24) is 14.5 Å². The lowest BCUT2D eigenvalue weighted by molar-refractivity contribution is 0.394. The molecule has 25 heavy (non-hydrogen) atoms. The Balaban J connectivity index is 1.95. The van der Waals surface area contributed by atoms with E-state index in [2.05, 4.69) is 14.9 Å². The molecule has 1 aliphatic heterocycles. The number of hydrogen-bond acceptors (Lipinski definition) is 5. The summed E-state index contributed by atoms with van der Waals surface area (Å²) in [5.74, 6) is 2.37. The summed E-state index contributed by atoms with van der Waals surface area (Å²) in [6.45, 7) is 3.72. The van der Waals surface area contributed by atoms with Crippen molar-refractivity contribution in [1.29, 1.82) is 0 Å². The van der Waals surface area contributed by atoms with E-state index in [1.54, 1.807) is 14.2 Å². The summed E-state index contributed by atoms with van der Waals surface area (Å²) in [5, 5.41) is 3.33. The quantitative estimate of drug-likeness (QED) is 0.791. The van der Waals surface area contributed by atoms with Crippen LogP contribution >= 0.6 is 0 Å². The van der Waals surface area contributed by atoms with Crippen molar-refractivity contribution < 1.29 is 9.47 Å². The topological polar surface area (TPSA) is 61.2 Å². The third-order valence-electron chi connectivity index (χ3n) is 4.34. The van der Waals surface area contributed by atoms with E-state index in [1.807, 2.05) is 43.3 Å². The minimum atomic E-state index is 0.749. The number of imidazole rings is 1. The van der Waals surface area contributed by atoms with Gasteiger partial charge in [-0.2, -0.15) is 0 Å². The lowest BCUT2D eigenvalue weighted by Crippen LogP contribution is -2.00. The number of aryl methyl sites for hydroxylation is 1. The van der Waals surface area contributed by atoms with E-state index in [1.165, 1.54) is 0 Å². The van der Waals surface area contributed by atoms with Crippen molar-refractivity contribution in [2.24, 2.45) is 0 Å². The van der Waals surface area contributed by atoms with Gasteiger partial charge in [-0.25, -0.2) is 4.98 Å². The molecule has 0 bridgehead atoms. The van der Waals surface area contributed by atoms with Crippen LogP contribution in [0.4, 0.5) is 5.95 Å². The molecule has 6 heteroatoms. The smallest absolute Gasteiger partial charge is 0.204 e.